The van der Waals surface area contributed by atoms with Gasteiger partial charge in [0.1, 0.15) is 13.2 Å². The molecule has 0 aliphatic carbocycles. The molecule has 0 radical (unpaired) electrons. The Morgan fingerprint density at radius 2 is 0.481 bits per heavy atom. The van der Waals surface area contributed by atoms with E-state index in [1.54, 1.807) is 0 Å². The van der Waals surface area contributed by atoms with Crippen LogP contribution in [0.15, 0.2) is 85.1 Å². The fourth-order valence-electron chi connectivity index (χ4n) is 10.1. The van der Waals surface area contributed by atoms with E-state index in [1.165, 1.54) is 218 Å². The molecule has 0 aromatic rings. The summed E-state index contributed by atoms with van der Waals surface area (Å²) in [5.41, 5.74) is 0. The second kappa shape index (κ2) is 69.1. The van der Waals surface area contributed by atoms with Gasteiger partial charge in [0.05, 0.1) is 0 Å². The minimum atomic E-state index is -0.786. The molecule has 0 aliphatic rings. The van der Waals surface area contributed by atoms with Crippen molar-refractivity contribution >= 4 is 17.9 Å². The standard InChI is InChI=1S/C75H132O6/c1-4-7-10-13-16-19-22-25-28-31-34-36-37-39-41-44-47-50-53-56-59-62-65-68-74(77)80-71-72(70-79-73(76)67-64-61-58-55-52-49-46-43-40-33-30-27-24-21-18-15-12-9-6-3)81-75(78)69-66-63-60-57-54-51-48-45-42-38-35-32-29-26-23-20-17-14-11-8-5-2/h7,10,16,19,25,27-28,30,32,34-36,39,41,72H,4-6,8-9,11-15,17-18,20-24,26,29,31,33,37-38,40,42-71H2,1-3H3/b10-7-,19-16-,28-25-,30-27-,35-32-,36-34-,41-39-. The first-order valence-electron chi connectivity index (χ1n) is 35.1. The molecule has 0 aromatic carbocycles. The predicted molar refractivity (Wildman–Crippen MR) is 353 cm³/mol. The molecule has 0 spiro atoms. The molecule has 0 amide bonds. The molecule has 1 atom stereocenters. The molecule has 6 heteroatoms. The summed E-state index contributed by atoms with van der Waals surface area (Å²) in [5.74, 6) is -0.877. The van der Waals surface area contributed by atoms with Crippen LogP contribution < -0.4 is 0 Å². The van der Waals surface area contributed by atoms with Crippen molar-refractivity contribution in [3.63, 3.8) is 0 Å². The first-order valence-corrected chi connectivity index (χ1v) is 35.1. The summed E-state index contributed by atoms with van der Waals surface area (Å²) in [6.07, 6.45) is 91.7. The number of unbranched alkanes of at least 4 members (excludes halogenated alkanes) is 39. The van der Waals surface area contributed by atoms with E-state index in [2.05, 4.69) is 106 Å². The van der Waals surface area contributed by atoms with Crippen LogP contribution in [0.2, 0.25) is 0 Å². The fraction of sp³-hybridized carbons (Fsp3) is 0.773. The highest BCUT2D eigenvalue weighted by Gasteiger charge is 2.19. The van der Waals surface area contributed by atoms with E-state index >= 15 is 0 Å². The third-order valence-electron chi connectivity index (χ3n) is 15.4. The maximum absolute atomic E-state index is 13.0. The molecule has 0 saturated heterocycles. The second-order valence-electron chi connectivity index (χ2n) is 23.4. The molecule has 1 unspecified atom stereocenters. The summed E-state index contributed by atoms with van der Waals surface area (Å²) in [6.45, 7) is 6.56. The Labute approximate surface area is 503 Å². The van der Waals surface area contributed by atoms with Crippen LogP contribution in [-0.4, -0.2) is 37.2 Å². The van der Waals surface area contributed by atoms with Gasteiger partial charge in [0.25, 0.3) is 0 Å². The van der Waals surface area contributed by atoms with Gasteiger partial charge in [-0.2, -0.15) is 0 Å². The average molecular weight is 1130 g/mol. The van der Waals surface area contributed by atoms with Gasteiger partial charge < -0.3 is 14.2 Å². The van der Waals surface area contributed by atoms with Crippen LogP contribution in [-0.2, 0) is 28.6 Å². The lowest BCUT2D eigenvalue weighted by Crippen LogP contribution is -2.30. The minimum absolute atomic E-state index is 0.0799. The number of rotatable bonds is 64. The van der Waals surface area contributed by atoms with Gasteiger partial charge >= 0.3 is 17.9 Å². The summed E-state index contributed by atoms with van der Waals surface area (Å²) < 4.78 is 17.0. The molecule has 0 rings (SSSR count). The molecule has 0 heterocycles. The molecule has 0 aliphatic heterocycles. The molecule has 81 heavy (non-hydrogen) atoms. The monoisotopic (exact) mass is 1130 g/mol. The zero-order chi connectivity index (χ0) is 58.5. The molecule has 0 N–H and O–H groups in total. The maximum atomic E-state index is 13.0. The van der Waals surface area contributed by atoms with Crippen LogP contribution >= 0.6 is 0 Å². The highest BCUT2D eigenvalue weighted by Crippen LogP contribution is 2.17. The van der Waals surface area contributed by atoms with Crippen molar-refractivity contribution in [3.05, 3.63) is 85.1 Å². The maximum Gasteiger partial charge on any atom is 0.306 e. The number of allylic oxidation sites excluding steroid dienone is 14. The van der Waals surface area contributed by atoms with Gasteiger partial charge in [0.2, 0.25) is 0 Å². The van der Waals surface area contributed by atoms with Gasteiger partial charge in [-0.05, 0) is 116 Å². The van der Waals surface area contributed by atoms with Crippen molar-refractivity contribution in [2.75, 3.05) is 13.2 Å². The summed E-state index contributed by atoms with van der Waals surface area (Å²) in [4.78, 5) is 38.5. The normalized spacial score (nSPS) is 12.6. The quantitative estimate of drug-likeness (QED) is 0.0261. The summed E-state index contributed by atoms with van der Waals surface area (Å²) in [7, 11) is 0. The van der Waals surface area contributed by atoms with Gasteiger partial charge in [0, 0.05) is 19.3 Å². The number of carbonyl (C=O) groups is 3. The van der Waals surface area contributed by atoms with Crippen molar-refractivity contribution < 1.29 is 28.6 Å². The van der Waals surface area contributed by atoms with Crippen molar-refractivity contribution in [1.82, 2.24) is 0 Å². The second-order valence-corrected chi connectivity index (χ2v) is 23.4. The lowest BCUT2D eigenvalue weighted by atomic mass is 10.1. The molecular weight excluding hydrogens is 997 g/mol. The Morgan fingerprint density at radius 1 is 0.259 bits per heavy atom. The summed E-state index contributed by atoms with van der Waals surface area (Å²) >= 11 is 0. The molecular formula is C75H132O6. The highest BCUT2D eigenvalue weighted by atomic mass is 16.6. The zero-order valence-electron chi connectivity index (χ0n) is 53.8. The zero-order valence-corrected chi connectivity index (χ0v) is 53.8. The minimum Gasteiger partial charge on any atom is -0.462 e. The molecule has 0 fully saturated rings. The highest BCUT2D eigenvalue weighted by molar-refractivity contribution is 5.71. The third-order valence-corrected chi connectivity index (χ3v) is 15.4. The molecule has 6 nitrogen and oxygen atoms in total. The van der Waals surface area contributed by atoms with Crippen LogP contribution in [0.5, 0.6) is 0 Å². The van der Waals surface area contributed by atoms with E-state index in [0.717, 1.165) is 96.3 Å². The molecule has 0 bridgehead atoms. The van der Waals surface area contributed by atoms with Crippen LogP contribution in [0.4, 0.5) is 0 Å². The van der Waals surface area contributed by atoms with E-state index in [9.17, 15) is 14.4 Å². The van der Waals surface area contributed by atoms with Crippen molar-refractivity contribution in [1.29, 1.82) is 0 Å². The van der Waals surface area contributed by atoms with E-state index < -0.39 is 6.10 Å². The van der Waals surface area contributed by atoms with Gasteiger partial charge in [-0.25, -0.2) is 0 Å². The largest absolute Gasteiger partial charge is 0.462 e. The van der Waals surface area contributed by atoms with Gasteiger partial charge in [0.15, 0.2) is 6.10 Å². The fourth-order valence-corrected chi connectivity index (χ4v) is 10.1. The van der Waals surface area contributed by atoms with Crippen molar-refractivity contribution in [2.45, 2.75) is 361 Å². The Bertz CT molecular complexity index is 1530. The van der Waals surface area contributed by atoms with Crippen LogP contribution in [0, 0.1) is 0 Å². The molecule has 0 saturated carbocycles. The van der Waals surface area contributed by atoms with Crippen molar-refractivity contribution in [3.8, 4) is 0 Å². The van der Waals surface area contributed by atoms with Gasteiger partial charge in [-0.3, -0.25) is 14.4 Å². The third kappa shape index (κ3) is 67.3. The van der Waals surface area contributed by atoms with E-state index in [4.69, 9.17) is 14.2 Å². The Hall–Kier alpha value is -3.41. The SMILES string of the molecule is CC/C=C\C/C=C\C/C=C\C/C=C\C/C=C\CCCCCCCCCC(=O)OCC(COC(=O)CCCCCCCCCCC/C=C\CCCCCCCC)OC(=O)CCCCCCCCCCC/C=C\CCCCCCCCCC. The Balaban J connectivity index is 4.39. The average Bonchev–Trinajstić information content (AvgIpc) is 3.47. The van der Waals surface area contributed by atoms with Gasteiger partial charge in [-0.15, -0.1) is 0 Å². The first-order chi connectivity index (χ1) is 40.0. The number of esters is 3. The van der Waals surface area contributed by atoms with Crippen LogP contribution in [0.3, 0.4) is 0 Å². The van der Waals surface area contributed by atoms with E-state index in [1.807, 2.05) is 0 Å². The first kappa shape index (κ1) is 77.6. The smallest absolute Gasteiger partial charge is 0.306 e. The molecule has 0 aromatic heterocycles. The Kier molecular flexibility index (Phi) is 66.2. The summed E-state index contributed by atoms with van der Waals surface area (Å²) in [5, 5.41) is 0. The number of hydrogen-bond donors (Lipinski definition) is 0. The van der Waals surface area contributed by atoms with Crippen LogP contribution in [0.25, 0.3) is 0 Å². The summed E-state index contributed by atoms with van der Waals surface area (Å²) in [6, 6.07) is 0. The van der Waals surface area contributed by atoms with Crippen LogP contribution in [0.1, 0.15) is 355 Å². The predicted octanol–water partition coefficient (Wildman–Crippen LogP) is 24.2. The molecule has 468 valence electrons. The van der Waals surface area contributed by atoms with Gasteiger partial charge in [-0.1, -0.05) is 305 Å². The Morgan fingerprint density at radius 3 is 0.765 bits per heavy atom. The topological polar surface area (TPSA) is 78.9 Å². The lowest BCUT2D eigenvalue weighted by molar-refractivity contribution is -0.167. The van der Waals surface area contributed by atoms with Crippen molar-refractivity contribution in [2.24, 2.45) is 0 Å². The number of hydrogen-bond acceptors (Lipinski definition) is 6. The number of carbonyl (C=O) groups excluding carboxylic acids is 3. The van der Waals surface area contributed by atoms with E-state index in [0.29, 0.717) is 19.3 Å². The lowest BCUT2D eigenvalue weighted by Gasteiger charge is -2.18. The number of ether oxygens (including phenoxy) is 3. The van der Waals surface area contributed by atoms with E-state index in [-0.39, 0.29) is 31.1 Å².